The number of benzene rings is 2. The fraction of sp³-hybridized carbons (Fsp3) is 0.200. The maximum absolute atomic E-state index is 10.7. The van der Waals surface area contributed by atoms with Crippen molar-refractivity contribution in [2.45, 2.75) is 26.2 Å². The number of halogens is 2. The van der Waals surface area contributed by atoms with Crippen LogP contribution in [-0.2, 0) is 11.2 Å². The van der Waals surface area contributed by atoms with Crippen LogP contribution < -0.4 is 0 Å². The van der Waals surface area contributed by atoms with Gasteiger partial charge in [-0.1, -0.05) is 53.0 Å². The molecule has 0 atom stereocenters. The van der Waals surface area contributed by atoms with Gasteiger partial charge in [0.15, 0.2) is 11.7 Å². The zero-order valence-corrected chi connectivity index (χ0v) is 15.6. The van der Waals surface area contributed by atoms with Crippen molar-refractivity contribution in [3.05, 3.63) is 64.0 Å². The van der Waals surface area contributed by atoms with Gasteiger partial charge in [0.1, 0.15) is 5.69 Å². The van der Waals surface area contributed by atoms with Crippen molar-refractivity contribution in [1.29, 1.82) is 0 Å². The molecular formula is C20H17Cl2NO3. The first-order chi connectivity index (χ1) is 12.4. The normalized spacial score (nSPS) is 10.9. The van der Waals surface area contributed by atoms with Crippen LogP contribution in [0.4, 0.5) is 0 Å². The summed E-state index contributed by atoms with van der Waals surface area (Å²) in [4.78, 5) is 15.3. The standard InChI is InChI=1S/C20H17Cl2NO3/c1-12-4-2-5-14(10-12)20-19(13-8-9-15(21)16(22)11-13)23-17(26-20)6-3-7-18(24)25/h2,4-5,8-11H,3,6-7H2,1H3,(H,24,25). The predicted molar refractivity (Wildman–Crippen MR) is 103 cm³/mol. The smallest absolute Gasteiger partial charge is 0.303 e. The summed E-state index contributed by atoms with van der Waals surface area (Å²) < 4.78 is 5.98. The van der Waals surface area contributed by atoms with Gasteiger partial charge in [0.25, 0.3) is 0 Å². The molecule has 0 saturated carbocycles. The molecule has 0 saturated heterocycles. The molecule has 0 bridgehead atoms. The van der Waals surface area contributed by atoms with Gasteiger partial charge in [0.2, 0.25) is 0 Å². The van der Waals surface area contributed by atoms with Crippen molar-refractivity contribution < 1.29 is 14.3 Å². The van der Waals surface area contributed by atoms with Gasteiger partial charge in [-0.25, -0.2) is 4.98 Å². The molecular weight excluding hydrogens is 373 g/mol. The van der Waals surface area contributed by atoms with E-state index in [4.69, 9.17) is 32.7 Å². The van der Waals surface area contributed by atoms with E-state index in [0.29, 0.717) is 40.2 Å². The topological polar surface area (TPSA) is 63.3 Å². The minimum absolute atomic E-state index is 0.0737. The Hall–Kier alpha value is -2.30. The first-order valence-electron chi connectivity index (χ1n) is 8.18. The lowest BCUT2D eigenvalue weighted by Crippen LogP contribution is -1.95. The number of nitrogens with zero attached hydrogens (tertiary/aromatic N) is 1. The largest absolute Gasteiger partial charge is 0.481 e. The average molecular weight is 390 g/mol. The molecule has 1 aromatic heterocycles. The van der Waals surface area contributed by atoms with E-state index in [0.717, 1.165) is 16.7 Å². The van der Waals surface area contributed by atoms with Crippen LogP contribution in [-0.4, -0.2) is 16.1 Å². The summed E-state index contributed by atoms with van der Waals surface area (Å²) >= 11 is 12.2. The maximum atomic E-state index is 10.7. The summed E-state index contributed by atoms with van der Waals surface area (Å²) in [5.74, 6) is 0.307. The van der Waals surface area contributed by atoms with Crippen molar-refractivity contribution in [3.8, 4) is 22.6 Å². The van der Waals surface area contributed by atoms with Gasteiger partial charge in [-0.2, -0.15) is 0 Å². The van der Waals surface area contributed by atoms with Crippen LogP contribution >= 0.6 is 23.2 Å². The van der Waals surface area contributed by atoms with E-state index in [1.165, 1.54) is 0 Å². The average Bonchev–Trinajstić information content (AvgIpc) is 3.01. The zero-order chi connectivity index (χ0) is 18.7. The Balaban J connectivity index is 2.03. The quantitative estimate of drug-likeness (QED) is 0.558. The highest BCUT2D eigenvalue weighted by Crippen LogP contribution is 2.36. The lowest BCUT2D eigenvalue weighted by atomic mass is 10.0. The minimum atomic E-state index is -0.833. The second-order valence-corrected chi connectivity index (χ2v) is 6.85. The highest BCUT2D eigenvalue weighted by Gasteiger charge is 2.18. The van der Waals surface area contributed by atoms with Crippen molar-refractivity contribution in [2.75, 3.05) is 0 Å². The van der Waals surface area contributed by atoms with E-state index in [1.807, 2.05) is 37.3 Å². The number of carbonyl (C=O) groups is 1. The molecule has 3 rings (SSSR count). The molecule has 0 aliphatic rings. The third kappa shape index (κ3) is 4.26. The molecule has 2 aromatic carbocycles. The lowest BCUT2D eigenvalue weighted by molar-refractivity contribution is -0.137. The molecule has 0 aliphatic carbocycles. The number of rotatable bonds is 6. The Labute approximate surface area is 161 Å². The summed E-state index contributed by atoms with van der Waals surface area (Å²) in [5.41, 5.74) is 3.47. The van der Waals surface area contributed by atoms with E-state index < -0.39 is 5.97 Å². The summed E-state index contributed by atoms with van der Waals surface area (Å²) in [6, 6.07) is 13.2. The van der Waals surface area contributed by atoms with Crippen LogP contribution in [0.25, 0.3) is 22.6 Å². The van der Waals surface area contributed by atoms with Crippen molar-refractivity contribution >= 4 is 29.2 Å². The molecule has 0 amide bonds. The molecule has 0 radical (unpaired) electrons. The summed E-state index contributed by atoms with van der Waals surface area (Å²) in [6.07, 6.45) is 0.987. The number of carboxylic acids is 1. The van der Waals surface area contributed by atoms with Crippen LogP contribution in [0.15, 0.2) is 46.9 Å². The van der Waals surface area contributed by atoms with Crippen LogP contribution in [0.2, 0.25) is 10.0 Å². The number of hydrogen-bond donors (Lipinski definition) is 1. The highest BCUT2D eigenvalue weighted by molar-refractivity contribution is 6.42. The fourth-order valence-electron chi connectivity index (χ4n) is 2.68. The van der Waals surface area contributed by atoms with E-state index in [9.17, 15) is 4.79 Å². The van der Waals surface area contributed by atoms with E-state index in [-0.39, 0.29) is 6.42 Å². The van der Waals surface area contributed by atoms with Gasteiger partial charge in [0, 0.05) is 24.0 Å². The van der Waals surface area contributed by atoms with E-state index >= 15 is 0 Å². The summed E-state index contributed by atoms with van der Waals surface area (Å²) in [5, 5.41) is 9.73. The number of oxazole rings is 1. The summed E-state index contributed by atoms with van der Waals surface area (Å²) in [6.45, 7) is 2.01. The molecule has 4 nitrogen and oxygen atoms in total. The number of carboxylic acid groups (broad SMARTS) is 1. The third-order valence-electron chi connectivity index (χ3n) is 3.93. The monoisotopic (exact) mass is 389 g/mol. The Morgan fingerprint density at radius 2 is 1.92 bits per heavy atom. The SMILES string of the molecule is Cc1cccc(-c2oc(CCCC(=O)O)nc2-c2ccc(Cl)c(Cl)c2)c1. The second-order valence-electron chi connectivity index (χ2n) is 6.03. The van der Waals surface area contributed by atoms with Gasteiger partial charge < -0.3 is 9.52 Å². The maximum Gasteiger partial charge on any atom is 0.303 e. The molecule has 134 valence electrons. The first-order valence-corrected chi connectivity index (χ1v) is 8.93. The van der Waals surface area contributed by atoms with E-state index in [2.05, 4.69) is 4.98 Å². The fourth-order valence-corrected chi connectivity index (χ4v) is 2.98. The molecule has 0 fully saturated rings. The van der Waals surface area contributed by atoms with Gasteiger partial charge >= 0.3 is 5.97 Å². The molecule has 26 heavy (non-hydrogen) atoms. The van der Waals surface area contributed by atoms with Crippen LogP contribution in [0.5, 0.6) is 0 Å². The number of aryl methyl sites for hydroxylation is 2. The van der Waals surface area contributed by atoms with Crippen LogP contribution in [0.1, 0.15) is 24.3 Å². The third-order valence-corrected chi connectivity index (χ3v) is 4.67. The van der Waals surface area contributed by atoms with Gasteiger partial charge in [-0.05, 0) is 31.5 Å². The molecule has 3 aromatic rings. The van der Waals surface area contributed by atoms with Gasteiger partial charge in [0.05, 0.1) is 10.0 Å². The number of hydrogen-bond acceptors (Lipinski definition) is 3. The Kier molecular flexibility index (Phi) is 5.64. The Morgan fingerprint density at radius 1 is 1.12 bits per heavy atom. The molecule has 0 aliphatic heterocycles. The Bertz CT molecular complexity index is 950. The Morgan fingerprint density at radius 3 is 2.62 bits per heavy atom. The first kappa shape index (κ1) is 18.5. The highest BCUT2D eigenvalue weighted by atomic mass is 35.5. The van der Waals surface area contributed by atoms with Crippen molar-refractivity contribution in [3.63, 3.8) is 0 Å². The molecule has 1 N–H and O–H groups in total. The van der Waals surface area contributed by atoms with Crippen LogP contribution in [0.3, 0.4) is 0 Å². The number of aromatic nitrogens is 1. The number of aliphatic carboxylic acids is 1. The zero-order valence-electron chi connectivity index (χ0n) is 14.1. The molecule has 6 heteroatoms. The van der Waals surface area contributed by atoms with Crippen molar-refractivity contribution in [2.24, 2.45) is 0 Å². The van der Waals surface area contributed by atoms with Gasteiger partial charge in [-0.15, -0.1) is 0 Å². The van der Waals surface area contributed by atoms with Crippen molar-refractivity contribution in [1.82, 2.24) is 4.98 Å². The molecule has 1 heterocycles. The minimum Gasteiger partial charge on any atom is -0.481 e. The van der Waals surface area contributed by atoms with Crippen LogP contribution in [0, 0.1) is 6.92 Å². The van der Waals surface area contributed by atoms with Gasteiger partial charge in [-0.3, -0.25) is 4.79 Å². The second kappa shape index (κ2) is 7.94. The summed E-state index contributed by atoms with van der Waals surface area (Å²) in [7, 11) is 0. The molecule has 0 spiro atoms. The molecule has 0 unspecified atom stereocenters. The van der Waals surface area contributed by atoms with E-state index in [1.54, 1.807) is 12.1 Å². The predicted octanol–water partition coefficient (Wildman–Crippen LogP) is 6.03. The lowest BCUT2D eigenvalue weighted by Gasteiger charge is -2.04.